The molecule has 166 valence electrons. The predicted molar refractivity (Wildman–Crippen MR) is 121 cm³/mol. The van der Waals surface area contributed by atoms with Crippen molar-refractivity contribution in [1.82, 2.24) is 15.1 Å². The second-order valence-corrected chi connectivity index (χ2v) is 9.43. The number of hydrogen-bond acceptors (Lipinski definition) is 5. The zero-order valence-electron chi connectivity index (χ0n) is 17.8. The Hall–Kier alpha value is -2.48. The molecule has 1 spiro atoms. The minimum absolute atomic E-state index is 0.0118. The van der Waals surface area contributed by atoms with Gasteiger partial charge in [-0.3, -0.25) is 14.4 Å². The van der Waals surface area contributed by atoms with Gasteiger partial charge in [0, 0.05) is 43.6 Å². The molecule has 3 saturated heterocycles. The number of amides is 3. The third-order valence-corrected chi connectivity index (χ3v) is 7.36. The van der Waals surface area contributed by atoms with Crippen molar-refractivity contribution in [2.45, 2.75) is 32.2 Å². The van der Waals surface area contributed by atoms with E-state index in [1.54, 1.807) is 6.08 Å². The van der Waals surface area contributed by atoms with E-state index in [-0.39, 0.29) is 28.5 Å². The van der Waals surface area contributed by atoms with Crippen LogP contribution in [0.3, 0.4) is 0 Å². The van der Waals surface area contributed by atoms with Gasteiger partial charge in [0.2, 0.25) is 11.8 Å². The summed E-state index contributed by atoms with van der Waals surface area (Å²) in [5, 5.41) is 2.63. The molecule has 31 heavy (non-hydrogen) atoms. The number of piperidine rings is 1. The number of para-hydroxylation sites is 1. The lowest BCUT2D eigenvalue weighted by Gasteiger charge is -2.39. The highest BCUT2D eigenvalue weighted by Crippen LogP contribution is 2.40. The summed E-state index contributed by atoms with van der Waals surface area (Å²) < 4.78 is 5.62. The van der Waals surface area contributed by atoms with Crippen molar-refractivity contribution in [2.24, 2.45) is 5.41 Å². The Labute approximate surface area is 187 Å². The van der Waals surface area contributed by atoms with Crippen molar-refractivity contribution in [1.29, 1.82) is 0 Å². The first-order valence-corrected chi connectivity index (χ1v) is 11.9. The van der Waals surface area contributed by atoms with Crippen LogP contribution in [0.25, 0.3) is 6.08 Å². The normalized spacial score (nSPS) is 22.9. The molecule has 4 rings (SSSR count). The third-order valence-electron chi connectivity index (χ3n) is 6.48. The monoisotopic (exact) mass is 443 g/mol. The van der Waals surface area contributed by atoms with Crippen LogP contribution in [0.2, 0.25) is 0 Å². The van der Waals surface area contributed by atoms with Gasteiger partial charge in [0.05, 0.1) is 6.61 Å². The van der Waals surface area contributed by atoms with Crippen molar-refractivity contribution in [2.75, 3.05) is 38.5 Å². The fourth-order valence-electron chi connectivity index (χ4n) is 4.64. The molecular formula is C23H29N3O4S. The molecule has 1 N–H and O–H groups in total. The zero-order chi connectivity index (χ0) is 21.8. The van der Waals surface area contributed by atoms with Crippen LogP contribution in [0.5, 0.6) is 5.75 Å². The molecular weight excluding hydrogens is 414 g/mol. The topological polar surface area (TPSA) is 79.0 Å². The zero-order valence-corrected chi connectivity index (χ0v) is 18.7. The highest BCUT2D eigenvalue weighted by molar-refractivity contribution is 8.14. The smallest absolute Gasteiger partial charge is 0.279 e. The molecule has 1 atom stereocenters. The molecule has 3 aliphatic heterocycles. The lowest BCUT2D eigenvalue weighted by atomic mass is 9.78. The van der Waals surface area contributed by atoms with E-state index in [0.29, 0.717) is 25.4 Å². The molecule has 3 fully saturated rings. The summed E-state index contributed by atoms with van der Waals surface area (Å²) in [4.78, 5) is 40.6. The second kappa shape index (κ2) is 9.34. The van der Waals surface area contributed by atoms with E-state index in [1.807, 2.05) is 47.1 Å². The third kappa shape index (κ3) is 4.89. The van der Waals surface area contributed by atoms with Gasteiger partial charge in [-0.1, -0.05) is 30.0 Å². The first-order chi connectivity index (χ1) is 15.0. The molecule has 1 aromatic rings. The minimum Gasteiger partial charge on any atom is -0.493 e. The Bertz CT molecular complexity index is 879. The van der Waals surface area contributed by atoms with Crippen LogP contribution in [0.15, 0.2) is 30.3 Å². The first-order valence-electron chi connectivity index (χ1n) is 10.9. The number of nitrogens with one attached hydrogen (secondary N) is 1. The summed E-state index contributed by atoms with van der Waals surface area (Å²) >= 11 is 1.17. The maximum Gasteiger partial charge on any atom is 0.279 e. The molecule has 8 heteroatoms. The van der Waals surface area contributed by atoms with E-state index < -0.39 is 0 Å². The number of carbonyl (C=O) groups excluding carboxylic acids is 3. The van der Waals surface area contributed by atoms with Gasteiger partial charge in [-0.2, -0.15) is 0 Å². The number of thioether (sulfide) groups is 1. The summed E-state index contributed by atoms with van der Waals surface area (Å²) in [5.74, 6) is 1.34. The van der Waals surface area contributed by atoms with Crippen LogP contribution in [0.4, 0.5) is 4.79 Å². The predicted octanol–water partition coefficient (Wildman–Crippen LogP) is 2.76. The van der Waals surface area contributed by atoms with E-state index in [1.165, 1.54) is 11.8 Å². The van der Waals surface area contributed by atoms with Crippen molar-refractivity contribution in [3.63, 3.8) is 0 Å². The largest absolute Gasteiger partial charge is 0.493 e. The number of benzene rings is 1. The fourth-order valence-corrected chi connectivity index (χ4v) is 5.41. The number of nitrogens with zero attached hydrogens (tertiary/aromatic N) is 2. The molecule has 0 unspecified atom stereocenters. The summed E-state index contributed by atoms with van der Waals surface area (Å²) in [6.45, 7) is 5.39. The Morgan fingerprint density at radius 2 is 1.90 bits per heavy atom. The van der Waals surface area contributed by atoms with E-state index >= 15 is 0 Å². The average molecular weight is 444 g/mol. The Kier molecular flexibility index (Phi) is 6.55. The van der Waals surface area contributed by atoms with Crippen molar-refractivity contribution >= 4 is 34.9 Å². The fraction of sp³-hybridized carbons (Fsp3) is 0.522. The number of likely N-dealkylation sites (tertiary alicyclic amines) is 2. The number of ether oxygens (including phenoxy) is 1. The van der Waals surface area contributed by atoms with Gasteiger partial charge in [-0.25, -0.2) is 0 Å². The lowest BCUT2D eigenvalue weighted by molar-refractivity contribution is -0.133. The van der Waals surface area contributed by atoms with Crippen LogP contribution in [-0.4, -0.2) is 71.4 Å². The second-order valence-electron chi connectivity index (χ2n) is 8.43. The van der Waals surface area contributed by atoms with Crippen LogP contribution in [0.1, 0.15) is 31.7 Å². The van der Waals surface area contributed by atoms with Gasteiger partial charge in [-0.15, -0.1) is 0 Å². The van der Waals surface area contributed by atoms with Gasteiger partial charge in [-0.05, 0) is 43.7 Å². The lowest BCUT2D eigenvalue weighted by Crippen LogP contribution is -2.47. The van der Waals surface area contributed by atoms with Crippen LogP contribution in [-0.2, 0) is 9.59 Å². The molecule has 3 heterocycles. The Morgan fingerprint density at radius 3 is 2.58 bits per heavy atom. The van der Waals surface area contributed by atoms with Crippen LogP contribution in [0, 0.1) is 5.41 Å². The van der Waals surface area contributed by atoms with Gasteiger partial charge >= 0.3 is 0 Å². The molecule has 3 aliphatic rings. The van der Waals surface area contributed by atoms with Gasteiger partial charge < -0.3 is 19.9 Å². The van der Waals surface area contributed by atoms with Gasteiger partial charge in [0.15, 0.2) is 0 Å². The van der Waals surface area contributed by atoms with Crippen molar-refractivity contribution in [3.05, 3.63) is 35.9 Å². The highest BCUT2D eigenvalue weighted by atomic mass is 32.2. The average Bonchev–Trinajstić information content (AvgIpc) is 3.40. The molecule has 0 aromatic heterocycles. The summed E-state index contributed by atoms with van der Waals surface area (Å²) in [6.07, 6.45) is 6.21. The summed E-state index contributed by atoms with van der Waals surface area (Å²) in [5.41, 5.74) is 0.987. The molecule has 1 aromatic carbocycles. The number of hydrogen-bond donors (Lipinski definition) is 1. The highest BCUT2D eigenvalue weighted by Gasteiger charge is 2.44. The first kappa shape index (κ1) is 21.7. The molecule has 0 aliphatic carbocycles. The minimum atomic E-state index is -0.390. The molecule has 0 saturated carbocycles. The summed E-state index contributed by atoms with van der Waals surface area (Å²) in [7, 11) is 0. The number of carbonyl (C=O) groups is 3. The van der Waals surface area contributed by atoms with E-state index in [4.69, 9.17) is 4.74 Å². The summed E-state index contributed by atoms with van der Waals surface area (Å²) in [6, 6.07) is 7.30. The molecule has 0 radical (unpaired) electrons. The number of rotatable bonds is 5. The van der Waals surface area contributed by atoms with Crippen LogP contribution < -0.4 is 10.1 Å². The van der Waals surface area contributed by atoms with E-state index in [9.17, 15) is 14.4 Å². The SMILES string of the molecule is CCOc1ccccc1/C=C/C(=O)N1CCC2(CC1)CCN(C(=O)[C@@H]1CSC(=O)N1)C2. The Morgan fingerprint density at radius 1 is 1.19 bits per heavy atom. The van der Waals surface area contributed by atoms with Crippen molar-refractivity contribution in [3.8, 4) is 5.75 Å². The van der Waals surface area contributed by atoms with E-state index in [0.717, 1.165) is 43.7 Å². The maximum atomic E-state index is 12.7. The maximum absolute atomic E-state index is 12.7. The molecule has 3 amide bonds. The molecule has 0 bridgehead atoms. The Balaban J connectivity index is 1.30. The molecule has 7 nitrogen and oxygen atoms in total. The van der Waals surface area contributed by atoms with Gasteiger partial charge in [0.1, 0.15) is 11.8 Å². The van der Waals surface area contributed by atoms with Crippen LogP contribution >= 0.6 is 11.8 Å². The van der Waals surface area contributed by atoms with E-state index in [2.05, 4.69) is 5.32 Å². The quantitative estimate of drug-likeness (QED) is 0.708. The van der Waals surface area contributed by atoms with Crippen molar-refractivity contribution < 1.29 is 19.1 Å². The standard InChI is InChI=1S/C23H29N3O4S/c1-2-30-19-6-4-3-5-17(19)7-8-20(27)25-12-9-23(10-13-25)11-14-26(16-23)21(28)18-15-31-22(29)24-18/h3-8,18H,2,9-16H2,1H3,(H,24,29)/b8-7+/t18-/m0/s1. The van der Waals surface area contributed by atoms with Gasteiger partial charge in [0.25, 0.3) is 5.24 Å².